The van der Waals surface area contributed by atoms with E-state index in [9.17, 15) is 4.79 Å². The first-order valence-electron chi connectivity index (χ1n) is 4.82. The van der Waals surface area contributed by atoms with Crippen molar-refractivity contribution in [2.24, 2.45) is 5.41 Å². The quantitative estimate of drug-likeness (QED) is 0.675. The molecule has 0 radical (unpaired) electrons. The number of carbonyl (C=O) groups excluding carboxylic acids is 1. The van der Waals surface area contributed by atoms with Crippen molar-refractivity contribution in [3.05, 3.63) is 0 Å². The van der Waals surface area contributed by atoms with E-state index in [1.54, 1.807) is 7.11 Å². The van der Waals surface area contributed by atoms with E-state index in [1.807, 2.05) is 32.8 Å². The summed E-state index contributed by atoms with van der Waals surface area (Å²) >= 11 is 0. The summed E-state index contributed by atoms with van der Waals surface area (Å²) < 4.78 is 4.98. The third-order valence-corrected chi connectivity index (χ3v) is 1.96. The Bertz CT molecular complexity index is 179. The van der Waals surface area contributed by atoms with Crippen LogP contribution in [0.2, 0.25) is 0 Å². The van der Waals surface area contributed by atoms with Gasteiger partial charge in [-0.05, 0) is 27.9 Å². The Hall–Kier alpha value is -0.610. The van der Waals surface area contributed by atoms with Crippen molar-refractivity contribution in [1.29, 1.82) is 0 Å². The van der Waals surface area contributed by atoms with E-state index in [0.717, 1.165) is 6.54 Å². The summed E-state index contributed by atoms with van der Waals surface area (Å²) in [4.78, 5) is 13.7. The van der Waals surface area contributed by atoms with Crippen LogP contribution < -0.4 is 5.32 Å². The monoisotopic (exact) mass is 202 g/mol. The lowest BCUT2D eigenvalue weighted by atomic mass is 9.94. The predicted octanol–water partition coefficient (Wildman–Crippen LogP) is 0.337. The van der Waals surface area contributed by atoms with Gasteiger partial charge in [0.25, 0.3) is 0 Å². The zero-order valence-corrected chi connectivity index (χ0v) is 9.89. The molecule has 4 nitrogen and oxygen atoms in total. The molecule has 14 heavy (non-hydrogen) atoms. The largest absolute Gasteiger partial charge is 0.384 e. The minimum Gasteiger partial charge on any atom is -0.384 e. The van der Waals surface area contributed by atoms with Crippen molar-refractivity contribution < 1.29 is 9.53 Å². The van der Waals surface area contributed by atoms with Crippen molar-refractivity contribution in [2.45, 2.75) is 13.8 Å². The van der Waals surface area contributed by atoms with Crippen molar-refractivity contribution in [3.8, 4) is 0 Å². The molecule has 1 amide bonds. The van der Waals surface area contributed by atoms with Crippen molar-refractivity contribution in [2.75, 3.05) is 40.9 Å². The Morgan fingerprint density at radius 1 is 1.43 bits per heavy atom. The number of nitrogens with one attached hydrogen (secondary N) is 1. The minimum absolute atomic E-state index is 0.0428. The molecule has 1 N–H and O–H groups in total. The Morgan fingerprint density at radius 2 is 2.00 bits per heavy atom. The number of nitrogens with zero attached hydrogens (tertiary/aromatic N) is 1. The molecule has 0 aromatic carbocycles. The summed E-state index contributed by atoms with van der Waals surface area (Å²) in [5.74, 6) is 0.0428. The summed E-state index contributed by atoms with van der Waals surface area (Å²) in [6.45, 7) is 5.73. The zero-order chi connectivity index (χ0) is 11.2. The minimum atomic E-state index is -0.443. The molecule has 0 unspecified atom stereocenters. The van der Waals surface area contributed by atoms with Crippen LogP contribution in [-0.4, -0.2) is 51.7 Å². The van der Waals surface area contributed by atoms with E-state index in [0.29, 0.717) is 13.2 Å². The van der Waals surface area contributed by atoms with Gasteiger partial charge in [0, 0.05) is 20.2 Å². The van der Waals surface area contributed by atoms with Crippen LogP contribution in [0.4, 0.5) is 0 Å². The van der Waals surface area contributed by atoms with E-state index in [2.05, 4.69) is 5.32 Å². The van der Waals surface area contributed by atoms with Crippen LogP contribution in [-0.2, 0) is 9.53 Å². The van der Waals surface area contributed by atoms with E-state index >= 15 is 0 Å². The van der Waals surface area contributed by atoms with Crippen LogP contribution >= 0.6 is 0 Å². The third kappa shape index (κ3) is 5.19. The molecule has 0 spiro atoms. The lowest BCUT2D eigenvalue weighted by molar-refractivity contribution is -0.131. The van der Waals surface area contributed by atoms with Crippen LogP contribution in [0.3, 0.4) is 0 Å². The van der Waals surface area contributed by atoms with Crippen LogP contribution in [0.15, 0.2) is 0 Å². The first-order chi connectivity index (χ1) is 6.40. The predicted molar refractivity (Wildman–Crippen MR) is 57.2 cm³/mol. The van der Waals surface area contributed by atoms with Gasteiger partial charge < -0.3 is 15.0 Å². The summed E-state index contributed by atoms with van der Waals surface area (Å²) in [7, 11) is 5.56. The van der Waals surface area contributed by atoms with Crippen molar-refractivity contribution in [1.82, 2.24) is 10.2 Å². The van der Waals surface area contributed by atoms with Crippen molar-refractivity contribution >= 4 is 5.91 Å². The normalized spacial score (nSPS) is 11.9. The van der Waals surface area contributed by atoms with Crippen LogP contribution in [0, 0.1) is 5.41 Å². The molecule has 0 saturated heterocycles. The highest BCUT2D eigenvalue weighted by Crippen LogP contribution is 2.14. The third-order valence-electron chi connectivity index (χ3n) is 1.96. The molecule has 84 valence electrons. The van der Waals surface area contributed by atoms with Gasteiger partial charge in [0.05, 0.1) is 12.0 Å². The molecular formula is C10H22N2O2. The number of amides is 1. The SMILES string of the molecule is COCC(C)(C)C(=O)NCCN(C)C. The second-order valence-corrected chi connectivity index (χ2v) is 4.38. The highest BCUT2D eigenvalue weighted by molar-refractivity contribution is 5.81. The average molecular weight is 202 g/mol. The molecule has 0 aliphatic carbocycles. The van der Waals surface area contributed by atoms with Gasteiger partial charge in [0.15, 0.2) is 0 Å². The van der Waals surface area contributed by atoms with E-state index < -0.39 is 5.41 Å². The number of ether oxygens (including phenoxy) is 1. The fourth-order valence-corrected chi connectivity index (χ4v) is 1.06. The molecule has 4 heteroatoms. The van der Waals surface area contributed by atoms with Gasteiger partial charge in [0.2, 0.25) is 5.91 Å². The molecule has 0 fully saturated rings. The second kappa shape index (κ2) is 5.98. The molecule has 0 aromatic heterocycles. The van der Waals surface area contributed by atoms with Crippen LogP contribution in [0.5, 0.6) is 0 Å². The Morgan fingerprint density at radius 3 is 2.43 bits per heavy atom. The van der Waals surface area contributed by atoms with Crippen LogP contribution in [0.25, 0.3) is 0 Å². The lowest BCUT2D eigenvalue weighted by Crippen LogP contribution is -2.42. The van der Waals surface area contributed by atoms with E-state index in [-0.39, 0.29) is 5.91 Å². The molecular weight excluding hydrogens is 180 g/mol. The van der Waals surface area contributed by atoms with Gasteiger partial charge in [-0.3, -0.25) is 4.79 Å². The van der Waals surface area contributed by atoms with Crippen LogP contribution in [0.1, 0.15) is 13.8 Å². The van der Waals surface area contributed by atoms with Gasteiger partial charge in [0.1, 0.15) is 0 Å². The smallest absolute Gasteiger partial charge is 0.228 e. The maximum absolute atomic E-state index is 11.6. The maximum Gasteiger partial charge on any atom is 0.228 e. The van der Waals surface area contributed by atoms with Gasteiger partial charge in [-0.2, -0.15) is 0 Å². The van der Waals surface area contributed by atoms with Gasteiger partial charge in [-0.15, -0.1) is 0 Å². The molecule has 0 saturated carbocycles. The Labute approximate surface area is 86.6 Å². The van der Waals surface area contributed by atoms with E-state index in [4.69, 9.17) is 4.74 Å². The molecule has 0 aliphatic rings. The summed E-state index contributed by atoms with van der Waals surface area (Å²) in [6, 6.07) is 0. The molecule has 0 rings (SSSR count). The molecule has 0 atom stereocenters. The number of hydrogen-bond acceptors (Lipinski definition) is 3. The fraction of sp³-hybridized carbons (Fsp3) is 0.900. The highest BCUT2D eigenvalue weighted by Gasteiger charge is 2.26. The first-order valence-corrected chi connectivity index (χ1v) is 4.82. The number of methoxy groups -OCH3 is 1. The number of carbonyl (C=O) groups is 1. The number of hydrogen-bond donors (Lipinski definition) is 1. The summed E-state index contributed by atoms with van der Waals surface area (Å²) in [5, 5.41) is 2.88. The number of likely N-dealkylation sites (N-methyl/N-ethyl adjacent to an activating group) is 1. The highest BCUT2D eigenvalue weighted by atomic mass is 16.5. The molecule has 0 bridgehead atoms. The first kappa shape index (κ1) is 13.4. The van der Waals surface area contributed by atoms with Gasteiger partial charge in [-0.25, -0.2) is 0 Å². The summed E-state index contributed by atoms with van der Waals surface area (Å²) in [5.41, 5.74) is -0.443. The number of rotatable bonds is 6. The molecule has 0 aromatic rings. The van der Waals surface area contributed by atoms with Gasteiger partial charge in [-0.1, -0.05) is 0 Å². The van der Waals surface area contributed by atoms with E-state index in [1.165, 1.54) is 0 Å². The average Bonchev–Trinajstić information content (AvgIpc) is 2.03. The summed E-state index contributed by atoms with van der Waals surface area (Å²) in [6.07, 6.45) is 0. The Balaban J connectivity index is 3.83. The van der Waals surface area contributed by atoms with Crippen molar-refractivity contribution in [3.63, 3.8) is 0 Å². The Kier molecular flexibility index (Phi) is 5.72. The maximum atomic E-state index is 11.6. The molecule has 0 heterocycles. The molecule has 0 aliphatic heterocycles. The fourth-order valence-electron chi connectivity index (χ4n) is 1.06. The topological polar surface area (TPSA) is 41.6 Å². The standard InChI is InChI=1S/C10H22N2O2/c1-10(2,8-14-5)9(13)11-6-7-12(3)4/h6-8H2,1-5H3,(H,11,13). The lowest BCUT2D eigenvalue weighted by Gasteiger charge is -2.22. The van der Waals surface area contributed by atoms with Gasteiger partial charge >= 0.3 is 0 Å². The zero-order valence-electron chi connectivity index (χ0n) is 9.89. The second-order valence-electron chi connectivity index (χ2n) is 4.38.